The van der Waals surface area contributed by atoms with Gasteiger partial charge in [-0.05, 0) is 125 Å². The van der Waals surface area contributed by atoms with Crippen LogP contribution >= 0.6 is 0 Å². The molecule has 0 aromatic carbocycles. The maximum Gasteiger partial charge on any atom is 0.425 e. The van der Waals surface area contributed by atoms with Crippen molar-refractivity contribution in [1.29, 1.82) is 0 Å². The molecular formula is C37H55N5O8. The Morgan fingerprint density at radius 3 is 1.90 bits per heavy atom. The first-order valence-corrected chi connectivity index (χ1v) is 17.3. The number of rotatable bonds is 9. The molecule has 0 aliphatic carbocycles. The number of pyridine rings is 2. The van der Waals surface area contributed by atoms with Crippen molar-refractivity contribution < 1.29 is 38.1 Å². The monoisotopic (exact) mass is 697 g/mol. The maximum absolute atomic E-state index is 14.5. The van der Waals surface area contributed by atoms with Gasteiger partial charge in [-0.25, -0.2) is 19.3 Å². The maximum atomic E-state index is 14.5. The van der Waals surface area contributed by atoms with Crippen LogP contribution in [0.25, 0.3) is 11.3 Å². The van der Waals surface area contributed by atoms with Crippen LogP contribution in [0.15, 0.2) is 30.5 Å². The zero-order valence-electron chi connectivity index (χ0n) is 31.6. The Morgan fingerprint density at radius 2 is 1.42 bits per heavy atom. The quantitative estimate of drug-likeness (QED) is 0.238. The fraction of sp³-hybridized carbons (Fsp3) is 0.622. The van der Waals surface area contributed by atoms with Crippen molar-refractivity contribution in [3.05, 3.63) is 36.0 Å². The van der Waals surface area contributed by atoms with Gasteiger partial charge < -0.3 is 23.8 Å². The van der Waals surface area contributed by atoms with Gasteiger partial charge in [0, 0.05) is 18.3 Å². The molecule has 1 aliphatic heterocycles. The molecule has 13 nitrogen and oxygen atoms in total. The third-order valence-corrected chi connectivity index (χ3v) is 7.53. The van der Waals surface area contributed by atoms with Crippen LogP contribution in [0.2, 0.25) is 0 Å². The van der Waals surface area contributed by atoms with Gasteiger partial charge in [-0.2, -0.15) is 9.88 Å². The highest BCUT2D eigenvalue weighted by atomic mass is 16.6. The summed E-state index contributed by atoms with van der Waals surface area (Å²) in [6, 6.07) is 6.46. The second-order valence-electron chi connectivity index (χ2n) is 15.5. The van der Waals surface area contributed by atoms with E-state index < -0.39 is 41.0 Å². The topological polar surface area (TPSA) is 141 Å². The van der Waals surface area contributed by atoms with Crippen LogP contribution in [-0.2, 0) is 14.2 Å². The van der Waals surface area contributed by atoms with Crippen LogP contribution in [-0.4, -0.2) is 94.0 Å². The van der Waals surface area contributed by atoms with Crippen LogP contribution < -0.4 is 9.64 Å². The number of hydrogen-bond donors (Lipinski definition) is 0. The fourth-order valence-corrected chi connectivity index (χ4v) is 5.28. The van der Waals surface area contributed by atoms with Crippen molar-refractivity contribution in [2.75, 3.05) is 38.2 Å². The van der Waals surface area contributed by atoms with E-state index in [4.69, 9.17) is 18.9 Å². The second-order valence-corrected chi connectivity index (χ2v) is 15.5. The molecule has 2 aromatic heterocycles. The highest BCUT2D eigenvalue weighted by Gasteiger charge is 2.39. The Morgan fingerprint density at radius 1 is 0.860 bits per heavy atom. The summed E-state index contributed by atoms with van der Waals surface area (Å²) in [6.45, 7) is 20.2. The lowest BCUT2D eigenvalue weighted by Crippen LogP contribution is -2.46. The summed E-state index contributed by atoms with van der Waals surface area (Å²) in [5.74, 6) is -1.12. The van der Waals surface area contributed by atoms with E-state index in [0.717, 1.165) is 50.2 Å². The van der Waals surface area contributed by atoms with E-state index in [-0.39, 0.29) is 41.0 Å². The Labute approximate surface area is 296 Å². The minimum Gasteiger partial charge on any atom is -0.480 e. The van der Waals surface area contributed by atoms with E-state index in [1.807, 2.05) is 0 Å². The van der Waals surface area contributed by atoms with Gasteiger partial charge in [-0.3, -0.25) is 9.78 Å². The predicted octanol–water partition coefficient (Wildman–Crippen LogP) is 7.72. The lowest BCUT2D eigenvalue weighted by Gasteiger charge is -2.35. The van der Waals surface area contributed by atoms with E-state index in [1.165, 1.54) is 19.4 Å². The molecule has 0 N–H and O–H groups in total. The summed E-state index contributed by atoms with van der Waals surface area (Å²) >= 11 is 0. The lowest BCUT2D eigenvalue weighted by molar-refractivity contribution is 0.0191. The van der Waals surface area contributed by atoms with Crippen molar-refractivity contribution in [1.82, 2.24) is 19.8 Å². The van der Waals surface area contributed by atoms with E-state index in [1.54, 1.807) is 80.5 Å². The number of ether oxygens (including phenoxy) is 4. The molecule has 3 heterocycles. The molecule has 0 unspecified atom stereocenters. The molecule has 276 valence electrons. The minimum atomic E-state index is -1.06. The first-order chi connectivity index (χ1) is 23.2. The number of piperidine rings is 1. The third kappa shape index (κ3) is 11.7. The average Bonchev–Trinajstić information content (AvgIpc) is 3.00. The number of carbonyl (C=O) groups excluding carboxylic acids is 4. The Balaban J connectivity index is 2.18. The Bertz CT molecular complexity index is 1460. The number of amides is 4. The normalized spacial score (nSPS) is 14.5. The molecule has 1 fully saturated rings. The average molecular weight is 698 g/mol. The van der Waals surface area contributed by atoms with E-state index in [2.05, 4.69) is 21.8 Å². The smallest absolute Gasteiger partial charge is 0.425 e. The van der Waals surface area contributed by atoms with Gasteiger partial charge in [0.05, 0.1) is 12.8 Å². The molecule has 1 aliphatic rings. The zero-order valence-corrected chi connectivity index (χ0v) is 31.6. The van der Waals surface area contributed by atoms with Crippen molar-refractivity contribution in [2.45, 2.75) is 112 Å². The first kappa shape index (κ1) is 40.2. The standard InChI is InChI=1S/C37H55N5O8/c1-12-13-20-40-21-17-25(18-22-40)24-41(32(44)48-35(2,3)4)31(43)27-23-26(28-16-14-15-19-38-28)29(39-30(27)47-11)42(33(45)49-36(5,6)7)34(46)50-37(8,9)10/h14-16,19,23,25H,12-13,17-18,20-22,24H2,1-11H3. The molecule has 0 saturated carbocycles. The van der Waals surface area contributed by atoms with Crippen molar-refractivity contribution in [3.63, 3.8) is 0 Å². The van der Waals surface area contributed by atoms with Gasteiger partial charge in [0.1, 0.15) is 22.4 Å². The van der Waals surface area contributed by atoms with E-state index in [9.17, 15) is 19.2 Å². The number of methoxy groups -OCH3 is 1. The van der Waals surface area contributed by atoms with Gasteiger partial charge in [-0.15, -0.1) is 0 Å². The number of anilines is 1. The number of imide groups is 2. The molecule has 1 saturated heterocycles. The van der Waals surface area contributed by atoms with E-state index in [0.29, 0.717) is 4.90 Å². The molecule has 0 radical (unpaired) electrons. The van der Waals surface area contributed by atoms with E-state index >= 15 is 0 Å². The molecule has 50 heavy (non-hydrogen) atoms. The summed E-state index contributed by atoms with van der Waals surface area (Å²) in [5.41, 5.74) is -2.51. The summed E-state index contributed by atoms with van der Waals surface area (Å²) in [7, 11) is 1.30. The Kier molecular flexibility index (Phi) is 13.4. The van der Waals surface area contributed by atoms with Crippen LogP contribution in [0.5, 0.6) is 5.88 Å². The van der Waals surface area contributed by atoms with Crippen LogP contribution in [0, 0.1) is 5.92 Å². The second kappa shape index (κ2) is 16.6. The number of likely N-dealkylation sites (tertiary alicyclic amines) is 1. The summed E-state index contributed by atoms with van der Waals surface area (Å²) in [5, 5.41) is 0. The summed E-state index contributed by atoms with van der Waals surface area (Å²) < 4.78 is 22.5. The first-order valence-electron chi connectivity index (χ1n) is 17.3. The third-order valence-electron chi connectivity index (χ3n) is 7.53. The number of aromatic nitrogens is 2. The van der Waals surface area contributed by atoms with Gasteiger partial charge in [0.2, 0.25) is 5.88 Å². The number of unbranched alkanes of at least 4 members (excludes halogenated alkanes) is 1. The molecule has 0 spiro atoms. The molecule has 0 atom stereocenters. The van der Waals surface area contributed by atoms with Crippen LogP contribution in [0.1, 0.15) is 105 Å². The summed E-state index contributed by atoms with van der Waals surface area (Å²) in [6.07, 6.45) is 2.46. The SMILES string of the molecule is CCCCN1CCC(CN(C(=O)OC(C)(C)C)C(=O)c2cc(-c3ccccn3)c(N(C(=O)OC(C)(C)C)C(=O)OC(C)(C)C)nc2OC)CC1. The summed E-state index contributed by atoms with van der Waals surface area (Å²) in [4.78, 5) is 68.7. The Hall–Kier alpha value is -4.26. The van der Waals surface area contributed by atoms with Gasteiger partial charge >= 0.3 is 18.3 Å². The largest absolute Gasteiger partial charge is 0.480 e. The highest BCUT2D eigenvalue weighted by Crippen LogP contribution is 2.36. The van der Waals surface area contributed by atoms with Crippen molar-refractivity contribution in [2.24, 2.45) is 5.92 Å². The molecular weight excluding hydrogens is 642 g/mol. The highest BCUT2D eigenvalue weighted by molar-refractivity contribution is 6.12. The van der Waals surface area contributed by atoms with Crippen molar-refractivity contribution in [3.8, 4) is 17.1 Å². The molecule has 3 rings (SSSR count). The van der Waals surface area contributed by atoms with Gasteiger partial charge in [0.25, 0.3) is 5.91 Å². The fourth-order valence-electron chi connectivity index (χ4n) is 5.28. The molecule has 0 bridgehead atoms. The molecule has 13 heteroatoms. The van der Waals surface area contributed by atoms with Gasteiger partial charge in [-0.1, -0.05) is 19.4 Å². The molecule has 4 amide bonds. The zero-order chi connectivity index (χ0) is 37.4. The van der Waals surface area contributed by atoms with Crippen LogP contribution in [0.3, 0.4) is 0 Å². The van der Waals surface area contributed by atoms with Crippen molar-refractivity contribution >= 4 is 30.0 Å². The number of hydrogen-bond acceptors (Lipinski definition) is 11. The lowest BCUT2D eigenvalue weighted by atomic mass is 9.95. The minimum absolute atomic E-state index is 0.0488. The van der Waals surface area contributed by atoms with Crippen LogP contribution in [0.4, 0.5) is 20.2 Å². The predicted molar refractivity (Wildman–Crippen MR) is 190 cm³/mol. The van der Waals surface area contributed by atoms with Gasteiger partial charge in [0.15, 0.2) is 5.82 Å². The number of nitrogens with zero attached hydrogens (tertiary/aromatic N) is 5. The molecule has 2 aromatic rings. The number of carbonyl (C=O) groups is 4.